The molecule has 0 saturated carbocycles. The summed E-state index contributed by atoms with van der Waals surface area (Å²) in [5, 5.41) is 0. The first-order valence-corrected chi connectivity index (χ1v) is 8.59. The van der Waals surface area contributed by atoms with Crippen LogP contribution in [0.15, 0.2) is 4.99 Å². The summed E-state index contributed by atoms with van der Waals surface area (Å²) >= 11 is 0. The molecular weight excluding hydrogens is 234 g/mol. The fraction of sp³-hybridized carbons (Fsp3) is 0.941. The Balaban J connectivity index is 1.75. The van der Waals surface area contributed by atoms with Crippen LogP contribution in [0, 0.1) is 0 Å². The lowest BCUT2D eigenvalue weighted by molar-refractivity contribution is 0.272. The Morgan fingerprint density at radius 2 is 1.42 bits per heavy atom. The highest BCUT2D eigenvalue weighted by Gasteiger charge is 2.04. The van der Waals surface area contributed by atoms with Gasteiger partial charge in [0.1, 0.15) is 0 Å². The predicted molar refractivity (Wildman–Crippen MR) is 83.9 cm³/mol. The van der Waals surface area contributed by atoms with E-state index in [2.05, 4.69) is 11.9 Å². The molecule has 1 aliphatic heterocycles. The van der Waals surface area contributed by atoms with Crippen molar-refractivity contribution < 1.29 is 4.74 Å². The molecule has 0 unspecified atom stereocenters. The largest absolute Gasteiger partial charge is 0.481 e. The van der Waals surface area contributed by atoms with Crippen molar-refractivity contribution in [2.24, 2.45) is 4.99 Å². The highest BCUT2D eigenvalue weighted by molar-refractivity contribution is 5.76. The van der Waals surface area contributed by atoms with Gasteiger partial charge in [0.15, 0.2) is 5.90 Å². The van der Waals surface area contributed by atoms with Crippen LogP contribution in [0.25, 0.3) is 0 Å². The molecule has 1 rings (SSSR count). The summed E-state index contributed by atoms with van der Waals surface area (Å²) in [5.41, 5.74) is 0. The van der Waals surface area contributed by atoms with Gasteiger partial charge in [-0.05, 0) is 6.42 Å². The number of nitrogens with zero attached hydrogens (tertiary/aromatic N) is 1. The van der Waals surface area contributed by atoms with Crippen molar-refractivity contribution in [2.45, 2.75) is 90.4 Å². The third-order valence-electron chi connectivity index (χ3n) is 3.85. The maximum absolute atomic E-state index is 5.52. The lowest BCUT2D eigenvalue weighted by Gasteiger charge is -2.13. The second-order valence-corrected chi connectivity index (χ2v) is 5.76. The van der Waals surface area contributed by atoms with Crippen LogP contribution >= 0.6 is 0 Å². The monoisotopic (exact) mass is 267 g/mol. The minimum atomic E-state index is 0.886. The smallest absolute Gasteiger partial charge is 0.183 e. The minimum Gasteiger partial charge on any atom is -0.481 e. The average Bonchev–Trinajstić information content (AvgIpc) is 2.46. The van der Waals surface area contributed by atoms with Crippen molar-refractivity contribution in [2.75, 3.05) is 13.2 Å². The molecule has 2 nitrogen and oxygen atoms in total. The van der Waals surface area contributed by atoms with Crippen LogP contribution in [0.5, 0.6) is 0 Å². The summed E-state index contributed by atoms with van der Waals surface area (Å²) in [6, 6.07) is 0. The summed E-state index contributed by atoms with van der Waals surface area (Å²) in [6.45, 7) is 4.15. The predicted octanol–water partition coefficient (Wildman–Crippen LogP) is 5.51. The molecule has 0 atom stereocenters. The molecule has 0 amide bonds. The molecule has 0 radical (unpaired) electrons. The lowest BCUT2D eigenvalue weighted by atomic mass is 10.1. The molecular formula is C17H33NO. The van der Waals surface area contributed by atoms with Gasteiger partial charge in [0, 0.05) is 19.4 Å². The van der Waals surface area contributed by atoms with Gasteiger partial charge in [-0.15, -0.1) is 0 Å². The molecule has 0 bridgehead atoms. The molecule has 19 heavy (non-hydrogen) atoms. The van der Waals surface area contributed by atoms with Gasteiger partial charge in [-0.25, -0.2) is 0 Å². The van der Waals surface area contributed by atoms with Crippen molar-refractivity contribution in [1.82, 2.24) is 0 Å². The fourth-order valence-electron chi connectivity index (χ4n) is 2.60. The van der Waals surface area contributed by atoms with Crippen molar-refractivity contribution >= 4 is 5.90 Å². The van der Waals surface area contributed by atoms with Crippen LogP contribution in [-0.2, 0) is 4.74 Å². The Labute approximate surface area is 120 Å². The third kappa shape index (κ3) is 9.98. The van der Waals surface area contributed by atoms with Gasteiger partial charge in [0.2, 0.25) is 0 Å². The van der Waals surface area contributed by atoms with Gasteiger partial charge < -0.3 is 4.74 Å². The number of ether oxygens (including phenoxy) is 1. The maximum atomic E-state index is 5.52. The van der Waals surface area contributed by atoms with Crippen molar-refractivity contribution in [3.05, 3.63) is 0 Å². The maximum Gasteiger partial charge on any atom is 0.183 e. The van der Waals surface area contributed by atoms with Crippen LogP contribution in [-0.4, -0.2) is 19.0 Å². The molecule has 0 spiro atoms. The zero-order valence-electron chi connectivity index (χ0n) is 13.0. The molecule has 1 heterocycles. The van der Waals surface area contributed by atoms with Gasteiger partial charge in [0.05, 0.1) is 6.61 Å². The Morgan fingerprint density at radius 3 is 1.95 bits per heavy atom. The van der Waals surface area contributed by atoms with Gasteiger partial charge >= 0.3 is 0 Å². The molecule has 2 heteroatoms. The first-order chi connectivity index (χ1) is 9.43. The molecule has 0 aromatic heterocycles. The first-order valence-electron chi connectivity index (χ1n) is 8.59. The standard InChI is InChI=1S/C17H33NO/c1-2-3-4-5-6-7-8-9-10-11-12-14-17-18-15-13-16-19-17/h2-16H2,1H3. The van der Waals surface area contributed by atoms with Crippen molar-refractivity contribution in [1.29, 1.82) is 0 Å². The average molecular weight is 267 g/mol. The van der Waals surface area contributed by atoms with E-state index in [9.17, 15) is 0 Å². The van der Waals surface area contributed by atoms with E-state index < -0.39 is 0 Å². The highest BCUT2D eigenvalue weighted by Crippen LogP contribution is 2.12. The van der Waals surface area contributed by atoms with Gasteiger partial charge in [-0.3, -0.25) is 4.99 Å². The van der Waals surface area contributed by atoms with Crippen LogP contribution in [0.3, 0.4) is 0 Å². The van der Waals surface area contributed by atoms with E-state index >= 15 is 0 Å². The second kappa shape index (κ2) is 12.5. The molecule has 0 aromatic carbocycles. The fourth-order valence-corrected chi connectivity index (χ4v) is 2.60. The Hall–Kier alpha value is -0.530. The molecule has 0 saturated heterocycles. The van der Waals surface area contributed by atoms with Crippen LogP contribution < -0.4 is 0 Å². The third-order valence-corrected chi connectivity index (χ3v) is 3.85. The Morgan fingerprint density at radius 1 is 0.842 bits per heavy atom. The summed E-state index contributed by atoms with van der Waals surface area (Å²) in [6.07, 6.45) is 17.6. The number of unbranched alkanes of at least 4 members (excludes halogenated alkanes) is 10. The lowest BCUT2D eigenvalue weighted by Crippen LogP contribution is -2.13. The molecule has 1 aliphatic rings. The van der Waals surface area contributed by atoms with E-state index in [-0.39, 0.29) is 0 Å². The Kier molecular flexibility index (Phi) is 10.9. The van der Waals surface area contributed by atoms with Crippen LogP contribution in [0.4, 0.5) is 0 Å². The van der Waals surface area contributed by atoms with E-state index in [1.54, 1.807) is 0 Å². The molecule has 112 valence electrons. The number of hydrogen-bond donors (Lipinski definition) is 0. The van der Waals surface area contributed by atoms with E-state index in [1.807, 2.05) is 0 Å². The number of hydrogen-bond acceptors (Lipinski definition) is 2. The van der Waals surface area contributed by atoms with Crippen LogP contribution in [0.1, 0.15) is 90.4 Å². The minimum absolute atomic E-state index is 0.886. The topological polar surface area (TPSA) is 21.6 Å². The summed E-state index contributed by atoms with van der Waals surface area (Å²) < 4.78 is 5.52. The Bertz CT molecular complexity index is 225. The summed E-state index contributed by atoms with van der Waals surface area (Å²) in [7, 11) is 0. The first kappa shape index (κ1) is 16.5. The molecule has 0 aromatic rings. The van der Waals surface area contributed by atoms with Gasteiger partial charge in [-0.2, -0.15) is 0 Å². The van der Waals surface area contributed by atoms with Gasteiger partial charge in [0.25, 0.3) is 0 Å². The molecule has 0 N–H and O–H groups in total. The van der Waals surface area contributed by atoms with Crippen molar-refractivity contribution in [3.63, 3.8) is 0 Å². The van der Waals surface area contributed by atoms with Crippen molar-refractivity contribution in [3.8, 4) is 0 Å². The van der Waals surface area contributed by atoms with E-state index in [0.717, 1.165) is 31.9 Å². The summed E-state index contributed by atoms with van der Waals surface area (Å²) in [4.78, 5) is 4.41. The zero-order valence-corrected chi connectivity index (χ0v) is 13.0. The van der Waals surface area contributed by atoms with Gasteiger partial charge in [-0.1, -0.05) is 71.1 Å². The number of rotatable bonds is 12. The zero-order chi connectivity index (χ0) is 13.6. The quantitative estimate of drug-likeness (QED) is 0.427. The van der Waals surface area contributed by atoms with Crippen LogP contribution in [0.2, 0.25) is 0 Å². The normalized spacial score (nSPS) is 15.1. The van der Waals surface area contributed by atoms with E-state index in [4.69, 9.17) is 4.74 Å². The molecule has 0 fully saturated rings. The van der Waals surface area contributed by atoms with E-state index in [0.29, 0.717) is 0 Å². The number of aliphatic imine (C=N–C) groups is 1. The highest BCUT2D eigenvalue weighted by atomic mass is 16.5. The SMILES string of the molecule is CCCCCCCCCCCCCC1=NCCCO1. The second-order valence-electron chi connectivity index (χ2n) is 5.76. The summed E-state index contributed by atoms with van der Waals surface area (Å²) in [5.74, 6) is 1.02. The van der Waals surface area contributed by atoms with E-state index in [1.165, 1.54) is 70.6 Å². The molecule has 0 aliphatic carbocycles.